The lowest BCUT2D eigenvalue weighted by Gasteiger charge is -2.57. The minimum absolute atomic E-state index is 0.156. The fourth-order valence-electron chi connectivity index (χ4n) is 17.9. The van der Waals surface area contributed by atoms with Crippen molar-refractivity contribution in [2.24, 2.45) is 35.5 Å². The van der Waals surface area contributed by atoms with Crippen molar-refractivity contribution in [1.82, 2.24) is 4.57 Å². The van der Waals surface area contributed by atoms with Gasteiger partial charge in [-0.1, -0.05) is 121 Å². The molecule has 0 saturated heterocycles. The summed E-state index contributed by atoms with van der Waals surface area (Å²) in [6.07, 6.45) is 17.4. The zero-order valence-corrected chi connectivity index (χ0v) is 36.7. The normalized spacial score (nSPS) is 32.6. The van der Waals surface area contributed by atoms with Gasteiger partial charge in [0.05, 0.1) is 11.0 Å². The first-order valence-corrected chi connectivity index (χ1v) is 24.8. The Labute approximate surface area is 368 Å². The van der Waals surface area contributed by atoms with Crippen molar-refractivity contribution < 1.29 is 0 Å². The maximum absolute atomic E-state index is 2.76. The average Bonchev–Trinajstić information content (AvgIpc) is 3.60. The Morgan fingerprint density at radius 3 is 1.53 bits per heavy atom. The summed E-state index contributed by atoms with van der Waals surface area (Å²) in [5.74, 6) is 5.79. The lowest BCUT2D eigenvalue weighted by atomic mass is 9.28. The Morgan fingerprint density at radius 1 is 0.468 bits per heavy atom. The number of hydrogen-bond acceptors (Lipinski definition) is 0. The van der Waals surface area contributed by atoms with Crippen LogP contribution in [0.1, 0.15) is 136 Å². The number of nitrogens with zero attached hydrogens (tertiary/aromatic N) is 1. The van der Waals surface area contributed by atoms with Crippen LogP contribution in [-0.2, 0) is 16.2 Å². The molecule has 1 aromatic heterocycles. The van der Waals surface area contributed by atoms with Crippen molar-refractivity contribution in [3.8, 4) is 5.69 Å². The molecule has 1 unspecified atom stereocenters. The van der Waals surface area contributed by atoms with Crippen LogP contribution in [0.4, 0.5) is 0 Å². The molecule has 10 aliphatic rings. The molecular formula is C60H58BN. The number of benzene rings is 6. The highest BCUT2D eigenvalue weighted by Crippen LogP contribution is 2.63. The quantitative estimate of drug-likeness (QED) is 0.156. The molecular weight excluding hydrogens is 745 g/mol. The summed E-state index contributed by atoms with van der Waals surface area (Å²) in [6, 6.07) is 51.5. The van der Waals surface area contributed by atoms with Crippen molar-refractivity contribution in [2.45, 2.75) is 113 Å². The Hall–Kier alpha value is -4.82. The molecule has 2 heteroatoms. The van der Waals surface area contributed by atoms with E-state index in [4.69, 9.17) is 0 Å². The molecule has 0 radical (unpaired) electrons. The van der Waals surface area contributed by atoms with E-state index in [1.54, 1.807) is 16.6 Å². The van der Waals surface area contributed by atoms with Gasteiger partial charge in [-0.25, -0.2) is 0 Å². The van der Waals surface area contributed by atoms with Gasteiger partial charge in [0.25, 0.3) is 0 Å². The molecule has 8 saturated carbocycles. The van der Waals surface area contributed by atoms with E-state index in [1.165, 1.54) is 143 Å². The van der Waals surface area contributed by atoms with Crippen LogP contribution in [0.2, 0.25) is 0 Å². The van der Waals surface area contributed by atoms with E-state index in [2.05, 4.69) is 146 Å². The van der Waals surface area contributed by atoms with Crippen LogP contribution in [0.25, 0.3) is 27.5 Å². The van der Waals surface area contributed by atoms with Crippen LogP contribution in [0.5, 0.6) is 0 Å². The third-order valence-electron chi connectivity index (χ3n) is 19.5. The zero-order chi connectivity index (χ0) is 40.7. The number of aromatic nitrogens is 1. The lowest BCUT2D eigenvalue weighted by Crippen LogP contribution is -2.64. The summed E-state index contributed by atoms with van der Waals surface area (Å²) in [4.78, 5) is 0. The Morgan fingerprint density at radius 2 is 0.968 bits per heavy atom. The summed E-state index contributed by atoms with van der Waals surface area (Å²) >= 11 is 0. The molecule has 0 N–H and O–H groups in total. The molecule has 1 nitrogen and oxygen atoms in total. The SMILES string of the molecule is CC1(C)c2ccccc2B2c3ccccc3C(c3ccccc3)c3cc(-n4c5ccc(C67CC8CC(CC(C8)C6)C7)cc5c5cc(C67CC8CC(CC(C8)C6)C7)ccc54)cc1c32. The molecule has 306 valence electrons. The Bertz CT molecular complexity index is 2860. The zero-order valence-electron chi connectivity index (χ0n) is 36.7. The van der Waals surface area contributed by atoms with Crippen LogP contribution in [0, 0.1) is 35.5 Å². The molecule has 8 fully saturated rings. The van der Waals surface area contributed by atoms with Crippen molar-refractivity contribution in [3.05, 3.63) is 166 Å². The topological polar surface area (TPSA) is 4.93 Å². The van der Waals surface area contributed by atoms with Crippen LogP contribution in [0.15, 0.2) is 127 Å². The molecule has 3 heterocycles. The molecule has 8 aliphatic carbocycles. The van der Waals surface area contributed by atoms with E-state index in [-0.39, 0.29) is 18.0 Å². The number of fused-ring (bicyclic) bond motifs is 7. The van der Waals surface area contributed by atoms with E-state index in [0.29, 0.717) is 10.8 Å². The minimum atomic E-state index is -0.156. The highest BCUT2D eigenvalue weighted by Gasteiger charge is 2.53. The van der Waals surface area contributed by atoms with Crippen molar-refractivity contribution in [1.29, 1.82) is 0 Å². The fourth-order valence-corrected chi connectivity index (χ4v) is 17.9. The van der Waals surface area contributed by atoms with Crippen LogP contribution in [-0.4, -0.2) is 11.3 Å². The smallest absolute Gasteiger partial charge is 0.242 e. The van der Waals surface area contributed by atoms with E-state index in [1.807, 2.05) is 0 Å². The monoisotopic (exact) mass is 803 g/mol. The molecule has 8 bridgehead atoms. The fraction of sp³-hybridized carbons (Fsp3) is 0.400. The van der Waals surface area contributed by atoms with Crippen LogP contribution in [0.3, 0.4) is 0 Å². The first-order valence-electron chi connectivity index (χ1n) is 24.8. The minimum Gasteiger partial charge on any atom is -0.309 e. The highest BCUT2D eigenvalue weighted by molar-refractivity contribution is 6.97. The summed E-state index contributed by atoms with van der Waals surface area (Å²) in [6.45, 7) is 5.22. The van der Waals surface area contributed by atoms with E-state index in [9.17, 15) is 0 Å². The second kappa shape index (κ2) is 12.3. The van der Waals surface area contributed by atoms with Gasteiger partial charge in [-0.3, -0.25) is 0 Å². The molecule has 6 aromatic carbocycles. The first-order chi connectivity index (χ1) is 30.3. The van der Waals surface area contributed by atoms with Gasteiger partial charge < -0.3 is 4.57 Å². The van der Waals surface area contributed by atoms with Gasteiger partial charge >= 0.3 is 0 Å². The van der Waals surface area contributed by atoms with Crippen molar-refractivity contribution in [2.75, 3.05) is 0 Å². The van der Waals surface area contributed by atoms with E-state index < -0.39 is 0 Å². The molecule has 2 aliphatic heterocycles. The van der Waals surface area contributed by atoms with E-state index in [0.717, 1.165) is 35.5 Å². The predicted molar refractivity (Wildman–Crippen MR) is 258 cm³/mol. The number of rotatable bonds is 4. The molecule has 0 amide bonds. The Kier molecular flexibility index (Phi) is 7.04. The van der Waals surface area contributed by atoms with Gasteiger partial charge in [0, 0.05) is 27.8 Å². The second-order valence-corrected chi connectivity index (χ2v) is 23.3. The summed E-state index contributed by atoms with van der Waals surface area (Å²) < 4.78 is 2.72. The van der Waals surface area contributed by atoms with Gasteiger partial charge in [-0.2, -0.15) is 0 Å². The second-order valence-electron chi connectivity index (χ2n) is 23.3. The highest BCUT2D eigenvalue weighted by atomic mass is 15.0. The first kappa shape index (κ1) is 35.6. The van der Waals surface area contributed by atoms with Gasteiger partial charge in [-0.15, -0.1) is 0 Å². The summed E-state index contributed by atoms with van der Waals surface area (Å²) in [5.41, 5.74) is 19.8. The third-order valence-corrected chi connectivity index (χ3v) is 19.5. The lowest BCUT2D eigenvalue weighted by molar-refractivity contribution is -0.00528. The maximum atomic E-state index is 2.76. The molecule has 1 atom stereocenters. The van der Waals surface area contributed by atoms with Gasteiger partial charge in [0.15, 0.2) is 0 Å². The van der Waals surface area contributed by atoms with Crippen molar-refractivity contribution >= 4 is 44.9 Å². The maximum Gasteiger partial charge on any atom is 0.242 e. The largest absolute Gasteiger partial charge is 0.309 e. The molecule has 7 aromatic rings. The standard InChI is InChI=1S/C60H58BN/c1-58(2)50-13-7-9-15-53(50)61-52-14-8-6-12-46(52)56(42-10-4-3-5-11-42)49-28-45(29-51(58)57(49)61)62-54-18-16-43(59-30-36-20-37(31-59)22-38(21-36)32-59)26-47(54)48-27-44(17-19-55(48)62)60-33-39-23-40(34-60)25-41(24-39)35-60/h3-19,26-29,36-41,56H,20-25,30-35H2,1-2H3. The summed E-state index contributed by atoms with van der Waals surface area (Å²) in [5, 5.41) is 3.00. The van der Waals surface area contributed by atoms with Crippen LogP contribution >= 0.6 is 0 Å². The van der Waals surface area contributed by atoms with Gasteiger partial charge in [0.2, 0.25) is 6.71 Å². The molecule has 62 heavy (non-hydrogen) atoms. The van der Waals surface area contributed by atoms with Gasteiger partial charge in [0.1, 0.15) is 0 Å². The predicted octanol–water partition coefficient (Wildman–Crippen LogP) is 12.4. The summed E-state index contributed by atoms with van der Waals surface area (Å²) in [7, 11) is 0. The number of hydrogen-bond donors (Lipinski definition) is 0. The Balaban J connectivity index is 0.999. The average molecular weight is 804 g/mol. The van der Waals surface area contributed by atoms with Gasteiger partial charge in [-0.05, 0) is 199 Å². The van der Waals surface area contributed by atoms with Crippen LogP contribution < -0.4 is 16.4 Å². The molecule has 0 spiro atoms. The van der Waals surface area contributed by atoms with Crippen molar-refractivity contribution in [3.63, 3.8) is 0 Å². The molecule has 17 rings (SSSR count). The third kappa shape index (κ3) is 4.72. The van der Waals surface area contributed by atoms with E-state index >= 15 is 0 Å².